The molecular formula is C15H20O6. The van der Waals surface area contributed by atoms with E-state index in [1.54, 1.807) is 32.0 Å². The molecule has 1 rings (SSSR count). The average Bonchev–Trinajstić information content (AvgIpc) is 2.48. The van der Waals surface area contributed by atoms with Gasteiger partial charge in [0, 0.05) is 0 Å². The lowest BCUT2D eigenvalue weighted by molar-refractivity contribution is -0.157. The monoisotopic (exact) mass is 296 g/mol. The number of hydrogen-bond acceptors (Lipinski definition) is 6. The number of benzene rings is 1. The zero-order chi connectivity index (χ0) is 15.8. The molecule has 0 spiro atoms. The number of hydrogen-bond donors (Lipinski definition) is 0. The fourth-order valence-electron chi connectivity index (χ4n) is 1.95. The lowest BCUT2D eigenvalue weighted by atomic mass is 9.97. The molecule has 0 aliphatic heterocycles. The number of carbonyl (C=O) groups excluding carboxylic acids is 2. The topological polar surface area (TPSA) is 71.1 Å². The van der Waals surface area contributed by atoms with Gasteiger partial charge in [-0.05, 0) is 26.0 Å². The smallest absolute Gasteiger partial charge is 0.325 e. The van der Waals surface area contributed by atoms with Crippen molar-refractivity contribution in [2.45, 2.75) is 19.8 Å². The van der Waals surface area contributed by atoms with Crippen LogP contribution in [0.4, 0.5) is 0 Å². The highest BCUT2D eigenvalue weighted by molar-refractivity contribution is 6.02. The van der Waals surface area contributed by atoms with Gasteiger partial charge in [0.05, 0.1) is 33.0 Å². The van der Waals surface area contributed by atoms with Gasteiger partial charge < -0.3 is 18.9 Å². The van der Waals surface area contributed by atoms with Crippen molar-refractivity contribution in [2.24, 2.45) is 0 Å². The van der Waals surface area contributed by atoms with Crippen molar-refractivity contribution in [1.82, 2.24) is 0 Å². The van der Waals surface area contributed by atoms with E-state index in [1.807, 2.05) is 0 Å². The second kappa shape index (κ2) is 8.14. The van der Waals surface area contributed by atoms with E-state index in [4.69, 9.17) is 18.9 Å². The molecule has 1 aromatic carbocycles. The molecule has 0 amide bonds. The third-order valence-electron chi connectivity index (χ3n) is 2.80. The van der Waals surface area contributed by atoms with Crippen molar-refractivity contribution in [3.8, 4) is 11.5 Å². The van der Waals surface area contributed by atoms with Crippen molar-refractivity contribution in [1.29, 1.82) is 0 Å². The van der Waals surface area contributed by atoms with Gasteiger partial charge in [-0.3, -0.25) is 9.59 Å². The zero-order valence-corrected chi connectivity index (χ0v) is 12.7. The second-order valence-electron chi connectivity index (χ2n) is 4.01. The summed E-state index contributed by atoms with van der Waals surface area (Å²) in [5, 5.41) is 0. The van der Waals surface area contributed by atoms with Gasteiger partial charge in [0.1, 0.15) is 11.5 Å². The largest absolute Gasteiger partial charge is 0.496 e. The van der Waals surface area contributed by atoms with Crippen LogP contribution in [-0.2, 0) is 19.1 Å². The zero-order valence-electron chi connectivity index (χ0n) is 12.7. The fraction of sp³-hybridized carbons (Fsp3) is 0.467. The predicted molar refractivity (Wildman–Crippen MR) is 75.6 cm³/mol. The first kappa shape index (κ1) is 16.8. The van der Waals surface area contributed by atoms with Crippen LogP contribution in [0.25, 0.3) is 0 Å². The molecule has 116 valence electrons. The number of carbonyl (C=O) groups is 2. The molecule has 0 saturated heterocycles. The standard InChI is InChI=1S/C15H20O6/c1-5-20-14(16)13(15(17)21-6-2)12-10(18-3)8-7-9-11(12)19-4/h7-9,13H,5-6H2,1-4H3. The van der Waals surface area contributed by atoms with Gasteiger partial charge in [-0.2, -0.15) is 0 Å². The Labute approximate surface area is 123 Å². The van der Waals surface area contributed by atoms with Crippen molar-refractivity contribution < 1.29 is 28.5 Å². The molecule has 0 heterocycles. The van der Waals surface area contributed by atoms with Crippen LogP contribution in [0.5, 0.6) is 11.5 Å². The molecule has 0 fully saturated rings. The molecular weight excluding hydrogens is 276 g/mol. The van der Waals surface area contributed by atoms with E-state index in [0.717, 1.165) is 0 Å². The Hall–Kier alpha value is -2.24. The van der Waals surface area contributed by atoms with E-state index >= 15 is 0 Å². The third kappa shape index (κ3) is 3.87. The van der Waals surface area contributed by atoms with E-state index in [-0.39, 0.29) is 13.2 Å². The van der Waals surface area contributed by atoms with E-state index in [2.05, 4.69) is 0 Å². The first-order valence-electron chi connectivity index (χ1n) is 6.64. The van der Waals surface area contributed by atoms with Gasteiger partial charge >= 0.3 is 11.9 Å². The minimum absolute atomic E-state index is 0.159. The maximum Gasteiger partial charge on any atom is 0.325 e. The summed E-state index contributed by atoms with van der Waals surface area (Å²) in [6.45, 7) is 3.65. The number of esters is 2. The fourth-order valence-corrected chi connectivity index (χ4v) is 1.95. The predicted octanol–water partition coefficient (Wildman–Crippen LogP) is 1.91. The quantitative estimate of drug-likeness (QED) is 0.565. The van der Waals surface area contributed by atoms with Crippen LogP contribution in [0.2, 0.25) is 0 Å². The highest BCUT2D eigenvalue weighted by atomic mass is 16.6. The van der Waals surface area contributed by atoms with E-state index in [9.17, 15) is 9.59 Å². The van der Waals surface area contributed by atoms with Crippen molar-refractivity contribution in [2.75, 3.05) is 27.4 Å². The van der Waals surface area contributed by atoms with Crippen LogP contribution in [0.3, 0.4) is 0 Å². The lowest BCUT2D eigenvalue weighted by Gasteiger charge is -2.19. The molecule has 0 N–H and O–H groups in total. The summed E-state index contributed by atoms with van der Waals surface area (Å²) in [6, 6.07) is 4.99. The van der Waals surface area contributed by atoms with Crippen LogP contribution >= 0.6 is 0 Å². The Balaban J connectivity index is 3.37. The van der Waals surface area contributed by atoms with E-state index < -0.39 is 17.9 Å². The highest BCUT2D eigenvalue weighted by Gasteiger charge is 2.36. The molecule has 0 aliphatic carbocycles. The SMILES string of the molecule is CCOC(=O)C(C(=O)OCC)c1c(OC)cccc1OC. The van der Waals surface area contributed by atoms with Crippen LogP contribution in [0.15, 0.2) is 18.2 Å². The summed E-state index contributed by atoms with van der Waals surface area (Å²) >= 11 is 0. The Morgan fingerprint density at radius 1 is 0.952 bits per heavy atom. The van der Waals surface area contributed by atoms with Crippen LogP contribution < -0.4 is 9.47 Å². The van der Waals surface area contributed by atoms with E-state index in [0.29, 0.717) is 17.1 Å². The lowest BCUT2D eigenvalue weighted by Crippen LogP contribution is -2.27. The summed E-state index contributed by atoms with van der Waals surface area (Å²) < 4.78 is 20.4. The summed E-state index contributed by atoms with van der Waals surface area (Å²) in [5.41, 5.74) is 0.305. The third-order valence-corrected chi connectivity index (χ3v) is 2.80. The Kier molecular flexibility index (Phi) is 6.52. The van der Waals surface area contributed by atoms with Crippen molar-refractivity contribution in [3.63, 3.8) is 0 Å². The molecule has 0 radical (unpaired) electrons. The first-order valence-corrected chi connectivity index (χ1v) is 6.64. The summed E-state index contributed by atoms with van der Waals surface area (Å²) in [5.74, 6) is -1.91. The molecule has 0 aromatic heterocycles. The number of rotatable bonds is 7. The minimum Gasteiger partial charge on any atom is -0.496 e. The number of ether oxygens (including phenoxy) is 4. The molecule has 0 saturated carbocycles. The Morgan fingerprint density at radius 2 is 1.38 bits per heavy atom. The van der Waals surface area contributed by atoms with E-state index in [1.165, 1.54) is 14.2 Å². The summed E-state index contributed by atoms with van der Waals surface area (Å²) in [6.07, 6.45) is 0. The first-order chi connectivity index (χ1) is 10.1. The Bertz CT molecular complexity index is 457. The normalized spacial score (nSPS) is 10.1. The molecule has 0 bridgehead atoms. The van der Waals surface area contributed by atoms with Crippen molar-refractivity contribution >= 4 is 11.9 Å². The number of methoxy groups -OCH3 is 2. The highest BCUT2D eigenvalue weighted by Crippen LogP contribution is 2.36. The van der Waals surface area contributed by atoms with Gasteiger partial charge in [0.2, 0.25) is 0 Å². The van der Waals surface area contributed by atoms with Gasteiger partial charge in [-0.1, -0.05) is 6.07 Å². The summed E-state index contributed by atoms with van der Waals surface area (Å²) in [4.78, 5) is 24.3. The van der Waals surface area contributed by atoms with Gasteiger partial charge in [0.25, 0.3) is 0 Å². The van der Waals surface area contributed by atoms with Crippen LogP contribution in [0.1, 0.15) is 25.3 Å². The molecule has 0 unspecified atom stereocenters. The average molecular weight is 296 g/mol. The van der Waals surface area contributed by atoms with Gasteiger partial charge in [-0.15, -0.1) is 0 Å². The van der Waals surface area contributed by atoms with Crippen LogP contribution in [0, 0.1) is 0 Å². The molecule has 21 heavy (non-hydrogen) atoms. The minimum atomic E-state index is -1.24. The molecule has 6 nitrogen and oxygen atoms in total. The van der Waals surface area contributed by atoms with Gasteiger partial charge in [0.15, 0.2) is 5.92 Å². The molecule has 0 aliphatic rings. The Morgan fingerprint density at radius 3 is 1.71 bits per heavy atom. The van der Waals surface area contributed by atoms with Crippen LogP contribution in [-0.4, -0.2) is 39.4 Å². The van der Waals surface area contributed by atoms with Crippen molar-refractivity contribution in [3.05, 3.63) is 23.8 Å². The molecule has 1 aromatic rings. The second-order valence-corrected chi connectivity index (χ2v) is 4.01. The maximum atomic E-state index is 12.2. The van der Waals surface area contributed by atoms with Gasteiger partial charge in [-0.25, -0.2) is 0 Å². The summed E-state index contributed by atoms with van der Waals surface area (Å²) in [7, 11) is 2.90. The molecule has 0 atom stereocenters. The molecule has 6 heteroatoms. The maximum absolute atomic E-state index is 12.2.